The van der Waals surface area contributed by atoms with Crippen LogP contribution in [0.4, 0.5) is 0 Å². The molecule has 2 aliphatic rings. The molecule has 1 unspecified atom stereocenters. The molecule has 2 aliphatic heterocycles. The van der Waals surface area contributed by atoms with Crippen LogP contribution in [0.2, 0.25) is 5.02 Å². The number of aryl methyl sites for hydroxylation is 1. The van der Waals surface area contributed by atoms with Crippen molar-refractivity contribution in [2.24, 2.45) is 0 Å². The van der Waals surface area contributed by atoms with Gasteiger partial charge in [-0.25, -0.2) is 0 Å². The van der Waals surface area contributed by atoms with E-state index in [1.54, 1.807) is 6.07 Å². The minimum Gasteiger partial charge on any atom is -0.490 e. The smallest absolute Gasteiger partial charge is 0.129 e. The highest BCUT2D eigenvalue weighted by atomic mass is 35.5. The summed E-state index contributed by atoms with van der Waals surface area (Å²) in [5.74, 6) is 0.466. The fourth-order valence-electron chi connectivity index (χ4n) is 4.70. The summed E-state index contributed by atoms with van der Waals surface area (Å²) in [5, 5.41) is 42.0. The molecule has 6 nitrogen and oxygen atoms in total. The maximum atomic E-state index is 11.0. The van der Waals surface area contributed by atoms with Gasteiger partial charge in [0.25, 0.3) is 0 Å². The maximum absolute atomic E-state index is 11.0. The normalized spacial score (nSPS) is 32.5. The molecule has 1 saturated heterocycles. The Kier molecular flexibility index (Phi) is 6.32. The van der Waals surface area contributed by atoms with Crippen molar-refractivity contribution in [1.29, 1.82) is 0 Å². The van der Waals surface area contributed by atoms with Gasteiger partial charge in [0.2, 0.25) is 0 Å². The van der Waals surface area contributed by atoms with Crippen molar-refractivity contribution < 1.29 is 29.9 Å². The zero-order valence-electron chi connectivity index (χ0n) is 17.7. The maximum Gasteiger partial charge on any atom is 0.129 e. The van der Waals surface area contributed by atoms with Crippen molar-refractivity contribution in [2.75, 3.05) is 6.61 Å². The number of halogens is 1. The third-order valence-corrected chi connectivity index (χ3v) is 6.77. The molecule has 2 aromatic rings. The molecule has 0 saturated carbocycles. The van der Waals surface area contributed by atoms with E-state index < -0.39 is 36.6 Å². The lowest BCUT2D eigenvalue weighted by atomic mass is 9.74. The average Bonchev–Trinajstić information content (AvgIpc) is 2.76. The Morgan fingerprint density at radius 2 is 1.74 bits per heavy atom. The Hall–Kier alpha value is -1.67. The summed E-state index contributed by atoms with van der Waals surface area (Å²) in [7, 11) is 0. The molecule has 2 aromatic carbocycles. The van der Waals surface area contributed by atoms with E-state index in [9.17, 15) is 20.4 Å². The van der Waals surface area contributed by atoms with Crippen LogP contribution >= 0.6 is 11.6 Å². The Bertz CT molecular complexity index is 930. The third kappa shape index (κ3) is 3.97. The predicted molar refractivity (Wildman–Crippen MR) is 116 cm³/mol. The lowest BCUT2D eigenvalue weighted by molar-refractivity contribution is -0.289. The van der Waals surface area contributed by atoms with Gasteiger partial charge in [-0.3, -0.25) is 0 Å². The van der Waals surface area contributed by atoms with Crippen molar-refractivity contribution in [3.8, 4) is 5.75 Å². The molecule has 0 amide bonds. The fraction of sp³-hybridized carbons (Fsp3) is 0.500. The first-order chi connectivity index (χ1) is 14.8. The molecule has 4 N–H and O–H groups in total. The van der Waals surface area contributed by atoms with Gasteiger partial charge in [0, 0.05) is 17.0 Å². The Morgan fingerprint density at radius 1 is 1.06 bits per heavy atom. The molecule has 0 bridgehead atoms. The quantitative estimate of drug-likeness (QED) is 0.573. The lowest BCUT2D eigenvalue weighted by Gasteiger charge is -2.52. The first-order valence-corrected chi connectivity index (χ1v) is 11.1. The van der Waals surface area contributed by atoms with Crippen molar-refractivity contribution in [2.45, 2.75) is 69.2 Å². The minimum absolute atomic E-state index is 0.258. The van der Waals surface area contributed by atoms with Gasteiger partial charge in [-0.15, -0.1) is 0 Å². The molecule has 0 aliphatic carbocycles. The zero-order valence-corrected chi connectivity index (χ0v) is 18.4. The molecule has 4 rings (SSSR count). The predicted octanol–water partition coefficient (Wildman–Crippen LogP) is 2.33. The van der Waals surface area contributed by atoms with Crippen LogP contribution in [0, 0.1) is 0 Å². The SMILES string of the molecule is CCc1ccc(Cc2cc3c(cc2Cl)OC(C)C[C@]32O[C@H](CO)[C@@H](O)[C@H](O)[C@H]2O)cc1. The summed E-state index contributed by atoms with van der Waals surface area (Å²) in [5.41, 5.74) is 2.41. The molecule has 1 spiro atoms. The molecule has 2 heterocycles. The van der Waals surface area contributed by atoms with Crippen LogP contribution in [0.1, 0.15) is 42.5 Å². The van der Waals surface area contributed by atoms with E-state index in [1.165, 1.54) is 5.56 Å². The number of hydrogen-bond donors (Lipinski definition) is 4. The monoisotopic (exact) mass is 448 g/mol. The van der Waals surface area contributed by atoms with Gasteiger partial charge in [-0.1, -0.05) is 42.8 Å². The van der Waals surface area contributed by atoms with Crippen LogP contribution in [0.25, 0.3) is 0 Å². The number of ether oxygens (including phenoxy) is 2. The first kappa shape index (κ1) is 22.5. The Morgan fingerprint density at radius 3 is 2.39 bits per heavy atom. The molecule has 6 atom stereocenters. The number of aliphatic hydroxyl groups excluding tert-OH is 4. The van der Waals surface area contributed by atoms with Crippen LogP contribution in [0.15, 0.2) is 36.4 Å². The number of benzene rings is 2. The van der Waals surface area contributed by atoms with Crippen LogP contribution < -0.4 is 4.74 Å². The number of fused-ring (bicyclic) bond motifs is 2. The van der Waals surface area contributed by atoms with E-state index in [0.717, 1.165) is 17.5 Å². The van der Waals surface area contributed by atoms with Gasteiger partial charge in [-0.05, 0) is 48.6 Å². The summed E-state index contributed by atoms with van der Waals surface area (Å²) < 4.78 is 12.1. The molecular weight excluding hydrogens is 420 g/mol. The summed E-state index contributed by atoms with van der Waals surface area (Å²) >= 11 is 6.58. The lowest BCUT2D eigenvalue weighted by Crippen LogP contribution is -2.65. The van der Waals surface area contributed by atoms with Gasteiger partial charge in [-0.2, -0.15) is 0 Å². The molecular formula is C24H29ClO6. The van der Waals surface area contributed by atoms with Gasteiger partial charge in [0.05, 0.1) is 12.7 Å². The van der Waals surface area contributed by atoms with Gasteiger partial charge in [0.15, 0.2) is 0 Å². The second-order valence-corrected chi connectivity index (χ2v) is 8.98. The number of hydrogen-bond acceptors (Lipinski definition) is 6. The molecule has 31 heavy (non-hydrogen) atoms. The molecule has 7 heteroatoms. The Balaban J connectivity index is 1.77. The third-order valence-electron chi connectivity index (χ3n) is 6.42. The van der Waals surface area contributed by atoms with Gasteiger partial charge in [0.1, 0.15) is 35.8 Å². The highest BCUT2D eigenvalue weighted by Crippen LogP contribution is 2.50. The fourth-order valence-corrected chi connectivity index (χ4v) is 4.92. The van der Waals surface area contributed by atoms with E-state index in [2.05, 4.69) is 31.2 Å². The standard InChI is InChI=1S/C24H29ClO6/c1-3-14-4-6-15(7-5-14)8-16-9-17-19(10-18(16)25)30-13(2)11-24(17)23(29)22(28)21(27)20(12-26)31-24/h4-7,9-10,13,20-23,26-29H,3,8,11-12H2,1-2H3/t13?,20-,21-,22+,23-,24+/m1/s1. The van der Waals surface area contributed by atoms with Crippen LogP contribution in [-0.4, -0.2) is 57.6 Å². The number of aliphatic hydroxyl groups is 4. The summed E-state index contributed by atoms with van der Waals surface area (Å²) in [6.45, 7) is 3.46. The van der Waals surface area contributed by atoms with Crippen molar-refractivity contribution >= 4 is 11.6 Å². The second-order valence-electron chi connectivity index (χ2n) is 8.57. The van der Waals surface area contributed by atoms with E-state index in [1.807, 2.05) is 13.0 Å². The first-order valence-electron chi connectivity index (χ1n) is 10.7. The van der Waals surface area contributed by atoms with Crippen molar-refractivity contribution in [3.63, 3.8) is 0 Å². The van der Waals surface area contributed by atoms with Gasteiger partial charge < -0.3 is 29.9 Å². The van der Waals surface area contributed by atoms with E-state index in [-0.39, 0.29) is 12.5 Å². The second kappa shape index (κ2) is 8.70. The van der Waals surface area contributed by atoms with E-state index in [4.69, 9.17) is 21.1 Å². The van der Waals surface area contributed by atoms with Crippen LogP contribution in [-0.2, 0) is 23.2 Å². The van der Waals surface area contributed by atoms with E-state index in [0.29, 0.717) is 22.8 Å². The highest BCUT2D eigenvalue weighted by Gasteiger charge is 2.57. The molecule has 0 radical (unpaired) electrons. The summed E-state index contributed by atoms with van der Waals surface area (Å²) in [6, 6.07) is 11.9. The minimum atomic E-state index is -1.47. The zero-order chi connectivity index (χ0) is 22.3. The Labute approximate surface area is 187 Å². The topological polar surface area (TPSA) is 99.4 Å². The van der Waals surface area contributed by atoms with Crippen molar-refractivity contribution in [1.82, 2.24) is 0 Å². The van der Waals surface area contributed by atoms with Gasteiger partial charge >= 0.3 is 0 Å². The molecule has 168 valence electrons. The largest absolute Gasteiger partial charge is 0.490 e. The van der Waals surface area contributed by atoms with Crippen LogP contribution in [0.5, 0.6) is 5.75 Å². The number of rotatable bonds is 4. The molecule has 0 aromatic heterocycles. The highest BCUT2D eigenvalue weighted by molar-refractivity contribution is 6.31. The van der Waals surface area contributed by atoms with E-state index >= 15 is 0 Å². The summed E-state index contributed by atoms with van der Waals surface area (Å²) in [4.78, 5) is 0. The summed E-state index contributed by atoms with van der Waals surface area (Å²) in [6.07, 6.45) is -3.81. The average molecular weight is 449 g/mol. The van der Waals surface area contributed by atoms with Crippen LogP contribution in [0.3, 0.4) is 0 Å². The molecule has 1 fully saturated rings. The van der Waals surface area contributed by atoms with Crippen molar-refractivity contribution in [3.05, 3.63) is 63.7 Å².